The highest BCUT2D eigenvalue weighted by molar-refractivity contribution is 7.10. The standard InChI is InChI=1S/C16H20N2O2S/c1-4-6-13-9-12(16(19)20)10-15(17-13)18(3)11(2)14-7-5-8-21-14/h5,7-11H,4,6H2,1-3H3,(H,19,20). The predicted octanol–water partition coefficient (Wildman–Crippen LogP) is 3.99. The third kappa shape index (κ3) is 3.61. The lowest BCUT2D eigenvalue weighted by atomic mass is 10.1. The summed E-state index contributed by atoms with van der Waals surface area (Å²) in [7, 11) is 1.95. The number of nitrogens with zero attached hydrogens (tertiary/aromatic N) is 2. The van der Waals surface area contributed by atoms with E-state index in [1.54, 1.807) is 23.5 Å². The second-order valence-corrected chi connectivity index (χ2v) is 6.04. The maximum atomic E-state index is 11.3. The Hall–Kier alpha value is -1.88. The number of rotatable bonds is 6. The topological polar surface area (TPSA) is 53.4 Å². The third-order valence-corrected chi connectivity index (χ3v) is 4.56. The maximum absolute atomic E-state index is 11.3. The van der Waals surface area contributed by atoms with Gasteiger partial charge in [-0.3, -0.25) is 0 Å². The van der Waals surface area contributed by atoms with Crippen LogP contribution in [0.25, 0.3) is 0 Å². The number of aromatic carboxylic acids is 1. The fourth-order valence-corrected chi connectivity index (χ4v) is 3.01. The summed E-state index contributed by atoms with van der Waals surface area (Å²) in [6.07, 6.45) is 1.73. The van der Waals surface area contributed by atoms with E-state index in [4.69, 9.17) is 0 Å². The van der Waals surface area contributed by atoms with Gasteiger partial charge in [0.1, 0.15) is 5.82 Å². The zero-order valence-corrected chi connectivity index (χ0v) is 13.4. The largest absolute Gasteiger partial charge is 0.478 e. The van der Waals surface area contributed by atoms with Gasteiger partial charge in [0.25, 0.3) is 0 Å². The Morgan fingerprint density at radius 2 is 2.24 bits per heavy atom. The van der Waals surface area contributed by atoms with Crippen LogP contribution in [-0.2, 0) is 6.42 Å². The van der Waals surface area contributed by atoms with Gasteiger partial charge in [-0.05, 0) is 36.9 Å². The molecule has 0 aliphatic carbocycles. The number of aromatic nitrogens is 1. The molecule has 2 aromatic heterocycles. The van der Waals surface area contributed by atoms with Gasteiger partial charge in [-0.2, -0.15) is 0 Å². The van der Waals surface area contributed by atoms with Crippen molar-refractivity contribution in [2.24, 2.45) is 0 Å². The molecule has 0 aromatic carbocycles. The number of hydrogen-bond donors (Lipinski definition) is 1. The number of pyridine rings is 1. The van der Waals surface area contributed by atoms with Crippen LogP contribution in [-0.4, -0.2) is 23.1 Å². The Morgan fingerprint density at radius 3 is 2.81 bits per heavy atom. The molecule has 0 aliphatic heterocycles. The zero-order chi connectivity index (χ0) is 15.4. The van der Waals surface area contributed by atoms with E-state index < -0.39 is 5.97 Å². The van der Waals surface area contributed by atoms with Gasteiger partial charge in [-0.1, -0.05) is 19.4 Å². The van der Waals surface area contributed by atoms with Crippen molar-refractivity contribution in [3.8, 4) is 0 Å². The van der Waals surface area contributed by atoms with Crippen LogP contribution in [0.4, 0.5) is 5.82 Å². The van der Waals surface area contributed by atoms with Crippen LogP contribution < -0.4 is 4.90 Å². The molecule has 0 bridgehead atoms. The van der Waals surface area contributed by atoms with Gasteiger partial charge in [0.15, 0.2) is 0 Å². The van der Waals surface area contributed by atoms with E-state index in [0.717, 1.165) is 18.5 Å². The minimum Gasteiger partial charge on any atom is -0.478 e. The lowest BCUT2D eigenvalue weighted by Crippen LogP contribution is -2.22. The molecule has 0 aliphatic rings. The summed E-state index contributed by atoms with van der Waals surface area (Å²) in [5, 5.41) is 11.3. The summed E-state index contributed by atoms with van der Waals surface area (Å²) >= 11 is 1.69. The van der Waals surface area contributed by atoms with Crippen LogP contribution in [0.5, 0.6) is 0 Å². The Balaban J connectivity index is 2.35. The Labute approximate surface area is 129 Å². The first kappa shape index (κ1) is 15.5. The molecule has 1 atom stereocenters. The van der Waals surface area contributed by atoms with Crippen molar-refractivity contribution in [2.75, 3.05) is 11.9 Å². The van der Waals surface area contributed by atoms with Crippen molar-refractivity contribution >= 4 is 23.1 Å². The lowest BCUT2D eigenvalue weighted by molar-refractivity contribution is 0.0696. The van der Waals surface area contributed by atoms with Crippen LogP contribution in [0, 0.1) is 0 Å². The number of aryl methyl sites for hydroxylation is 1. The summed E-state index contributed by atoms with van der Waals surface area (Å²) in [6, 6.07) is 7.58. The molecule has 4 nitrogen and oxygen atoms in total. The van der Waals surface area contributed by atoms with E-state index in [1.165, 1.54) is 4.88 Å². The molecule has 2 rings (SSSR count). The molecule has 21 heavy (non-hydrogen) atoms. The van der Waals surface area contributed by atoms with Gasteiger partial charge >= 0.3 is 5.97 Å². The number of hydrogen-bond acceptors (Lipinski definition) is 4. The summed E-state index contributed by atoms with van der Waals surface area (Å²) in [5.41, 5.74) is 1.13. The van der Waals surface area contributed by atoms with Crippen LogP contribution in [0.3, 0.4) is 0 Å². The number of carbonyl (C=O) groups is 1. The van der Waals surface area contributed by atoms with Gasteiger partial charge < -0.3 is 10.0 Å². The SMILES string of the molecule is CCCc1cc(C(=O)O)cc(N(C)C(C)c2cccs2)n1. The van der Waals surface area contributed by atoms with E-state index in [1.807, 2.05) is 23.4 Å². The van der Waals surface area contributed by atoms with E-state index in [-0.39, 0.29) is 6.04 Å². The molecule has 1 unspecified atom stereocenters. The van der Waals surface area contributed by atoms with Gasteiger partial charge in [0.05, 0.1) is 11.6 Å². The molecule has 2 aromatic rings. The molecule has 2 heterocycles. The normalized spacial score (nSPS) is 12.1. The van der Waals surface area contributed by atoms with Gasteiger partial charge in [-0.25, -0.2) is 9.78 Å². The average Bonchev–Trinajstić information content (AvgIpc) is 2.99. The molecule has 1 N–H and O–H groups in total. The molecular weight excluding hydrogens is 284 g/mol. The highest BCUT2D eigenvalue weighted by atomic mass is 32.1. The minimum absolute atomic E-state index is 0.163. The molecule has 5 heteroatoms. The van der Waals surface area contributed by atoms with Gasteiger partial charge in [0, 0.05) is 17.6 Å². The maximum Gasteiger partial charge on any atom is 0.335 e. The van der Waals surface area contributed by atoms with E-state index in [2.05, 4.69) is 24.9 Å². The third-order valence-electron chi connectivity index (χ3n) is 3.52. The highest BCUT2D eigenvalue weighted by Gasteiger charge is 2.17. The van der Waals surface area contributed by atoms with Crippen molar-refractivity contribution < 1.29 is 9.90 Å². The van der Waals surface area contributed by atoms with Crippen LogP contribution >= 0.6 is 11.3 Å². The summed E-state index contributed by atoms with van der Waals surface area (Å²) in [6.45, 7) is 4.16. The monoisotopic (exact) mass is 304 g/mol. The molecule has 0 saturated carbocycles. The van der Waals surface area contributed by atoms with Crippen molar-refractivity contribution in [3.05, 3.63) is 45.8 Å². The molecular formula is C16H20N2O2S. The summed E-state index contributed by atoms with van der Waals surface area (Å²) in [5.74, 6) is -0.201. The highest BCUT2D eigenvalue weighted by Crippen LogP contribution is 2.28. The number of thiophene rings is 1. The lowest BCUT2D eigenvalue weighted by Gasteiger charge is -2.26. The van der Waals surface area contributed by atoms with Gasteiger partial charge in [-0.15, -0.1) is 11.3 Å². The number of carboxylic acid groups (broad SMARTS) is 1. The average molecular weight is 304 g/mol. The Bertz CT molecular complexity index is 611. The first-order chi connectivity index (χ1) is 10.0. The molecule has 0 amide bonds. The minimum atomic E-state index is -0.909. The molecule has 0 radical (unpaired) electrons. The first-order valence-electron chi connectivity index (χ1n) is 7.03. The second kappa shape index (κ2) is 6.72. The second-order valence-electron chi connectivity index (χ2n) is 5.06. The van der Waals surface area contributed by atoms with E-state index in [0.29, 0.717) is 11.4 Å². The Morgan fingerprint density at radius 1 is 1.48 bits per heavy atom. The van der Waals surface area contributed by atoms with Crippen molar-refractivity contribution in [3.63, 3.8) is 0 Å². The van der Waals surface area contributed by atoms with E-state index in [9.17, 15) is 9.90 Å². The number of carboxylic acids is 1. The molecule has 0 fully saturated rings. The zero-order valence-electron chi connectivity index (χ0n) is 12.5. The van der Waals surface area contributed by atoms with E-state index >= 15 is 0 Å². The predicted molar refractivity (Wildman–Crippen MR) is 86.3 cm³/mol. The van der Waals surface area contributed by atoms with Gasteiger partial charge in [0.2, 0.25) is 0 Å². The quantitative estimate of drug-likeness (QED) is 0.876. The molecule has 0 spiro atoms. The first-order valence-corrected chi connectivity index (χ1v) is 7.91. The smallest absolute Gasteiger partial charge is 0.335 e. The number of anilines is 1. The molecule has 0 saturated heterocycles. The summed E-state index contributed by atoms with van der Waals surface area (Å²) in [4.78, 5) is 19.1. The fourth-order valence-electron chi connectivity index (χ4n) is 2.18. The fraction of sp³-hybridized carbons (Fsp3) is 0.375. The van der Waals surface area contributed by atoms with Crippen LogP contribution in [0.1, 0.15) is 47.2 Å². The van der Waals surface area contributed by atoms with Crippen LogP contribution in [0.15, 0.2) is 29.6 Å². The van der Waals surface area contributed by atoms with Crippen molar-refractivity contribution in [1.29, 1.82) is 0 Å². The van der Waals surface area contributed by atoms with Crippen molar-refractivity contribution in [1.82, 2.24) is 4.98 Å². The van der Waals surface area contributed by atoms with Crippen molar-refractivity contribution in [2.45, 2.75) is 32.7 Å². The summed E-state index contributed by atoms with van der Waals surface area (Å²) < 4.78 is 0. The Kier molecular flexibility index (Phi) is 4.96. The molecule has 112 valence electrons. The van der Waals surface area contributed by atoms with Crippen LogP contribution in [0.2, 0.25) is 0 Å².